The van der Waals surface area contributed by atoms with Crippen LogP contribution in [0.1, 0.15) is 18.0 Å². The van der Waals surface area contributed by atoms with Crippen LogP contribution in [-0.2, 0) is 0 Å². The molecular formula is C12H15F2NOS. The van der Waals surface area contributed by atoms with E-state index in [2.05, 4.69) is 5.32 Å². The second kappa shape index (κ2) is 5.33. The molecule has 2 rings (SSSR count). The Labute approximate surface area is 103 Å². The van der Waals surface area contributed by atoms with Gasteiger partial charge in [0.1, 0.15) is 6.61 Å². The molecule has 2 N–H and O–H groups in total. The van der Waals surface area contributed by atoms with Crippen LogP contribution >= 0.6 is 11.8 Å². The Morgan fingerprint density at radius 2 is 2.18 bits per heavy atom. The van der Waals surface area contributed by atoms with E-state index < -0.39 is 19.1 Å². The molecule has 0 saturated carbocycles. The molecule has 0 bridgehead atoms. The van der Waals surface area contributed by atoms with Crippen LogP contribution < -0.4 is 5.32 Å². The van der Waals surface area contributed by atoms with Gasteiger partial charge in [0.25, 0.3) is 5.92 Å². The highest BCUT2D eigenvalue weighted by molar-refractivity contribution is 7.99. The lowest BCUT2D eigenvalue weighted by Gasteiger charge is -2.27. The molecule has 1 atom stereocenters. The standard InChI is InChI=1S/C12H15F2NOS/c13-12(14,8-16)7-15-10-5-6-17-11-4-2-1-3-9(10)11/h1-4,10,15-16H,5-8H2. The number of fused-ring (bicyclic) bond motifs is 1. The van der Waals surface area contributed by atoms with E-state index in [-0.39, 0.29) is 6.04 Å². The van der Waals surface area contributed by atoms with Gasteiger partial charge in [0.15, 0.2) is 0 Å². The molecule has 0 radical (unpaired) electrons. The first kappa shape index (κ1) is 12.8. The average Bonchev–Trinajstić information content (AvgIpc) is 2.36. The summed E-state index contributed by atoms with van der Waals surface area (Å²) in [5.74, 6) is -2.11. The van der Waals surface area contributed by atoms with Gasteiger partial charge in [0.05, 0.1) is 6.54 Å². The van der Waals surface area contributed by atoms with Gasteiger partial charge in [0.2, 0.25) is 0 Å². The van der Waals surface area contributed by atoms with Gasteiger partial charge in [-0.2, -0.15) is 0 Å². The quantitative estimate of drug-likeness (QED) is 0.871. The first-order chi connectivity index (χ1) is 8.12. The minimum absolute atomic E-state index is 0.0372. The summed E-state index contributed by atoms with van der Waals surface area (Å²) in [5.41, 5.74) is 1.08. The molecule has 1 aliphatic heterocycles. The lowest BCUT2D eigenvalue weighted by Crippen LogP contribution is -2.38. The zero-order valence-electron chi connectivity index (χ0n) is 9.33. The number of benzene rings is 1. The number of nitrogens with one attached hydrogen (secondary N) is 1. The molecule has 0 aromatic heterocycles. The molecule has 0 aliphatic carbocycles. The Morgan fingerprint density at radius 1 is 1.41 bits per heavy atom. The monoisotopic (exact) mass is 259 g/mol. The Hall–Kier alpha value is -0.650. The van der Waals surface area contributed by atoms with Gasteiger partial charge in [-0.15, -0.1) is 11.8 Å². The number of hydrogen-bond donors (Lipinski definition) is 2. The van der Waals surface area contributed by atoms with Crippen LogP contribution in [0, 0.1) is 0 Å². The van der Waals surface area contributed by atoms with E-state index >= 15 is 0 Å². The summed E-state index contributed by atoms with van der Waals surface area (Å²) in [5, 5.41) is 11.4. The molecule has 1 aromatic carbocycles. The van der Waals surface area contributed by atoms with Gasteiger partial charge in [-0.25, -0.2) is 8.78 Å². The molecule has 0 saturated heterocycles. The topological polar surface area (TPSA) is 32.3 Å². The zero-order chi connectivity index (χ0) is 12.3. The SMILES string of the molecule is OCC(F)(F)CNC1CCSc2ccccc21. The highest BCUT2D eigenvalue weighted by atomic mass is 32.2. The highest BCUT2D eigenvalue weighted by Gasteiger charge is 2.30. The molecule has 1 aliphatic rings. The first-order valence-electron chi connectivity index (χ1n) is 5.56. The second-order valence-electron chi connectivity index (χ2n) is 4.12. The van der Waals surface area contributed by atoms with Crippen molar-refractivity contribution in [1.82, 2.24) is 5.32 Å². The molecule has 17 heavy (non-hydrogen) atoms. The molecule has 0 spiro atoms. The van der Waals surface area contributed by atoms with Gasteiger partial charge in [-0.05, 0) is 23.8 Å². The van der Waals surface area contributed by atoms with E-state index in [1.807, 2.05) is 24.3 Å². The fraction of sp³-hybridized carbons (Fsp3) is 0.500. The number of aliphatic hydroxyl groups excluding tert-OH is 1. The number of alkyl halides is 2. The molecule has 2 nitrogen and oxygen atoms in total. The Kier molecular flexibility index (Phi) is 4.01. The molecule has 1 unspecified atom stereocenters. The lowest BCUT2D eigenvalue weighted by molar-refractivity contribution is -0.0495. The molecule has 1 aromatic rings. The third kappa shape index (κ3) is 3.18. The third-order valence-corrected chi connectivity index (χ3v) is 3.92. The van der Waals surface area contributed by atoms with E-state index in [9.17, 15) is 8.78 Å². The molecule has 1 heterocycles. The van der Waals surface area contributed by atoms with E-state index in [1.165, 1.54) is 0 Å². The third-order valence-electron chi connectivity index (χ3n) is 2.80. The summed E-state index contributed by atoms with van der Waals surface area (Å²) >= 11 is 1.75. The van der Waals surface area contributed by atoms with E-state index in [0.717, 1.165) is 22.6 Å². The van der Waals surface area contributed by atoms with Gasteiger partial charge >= 0.3 is 0 Å². The predicted octanol–water partition coefficient (Wildman–Crippen LogP) is 2.44. The first-order valence-corrected chi connectivity index (χ1v) is 6.55. The smallest absolute Gasteiger partial charge is 0.282 e. The largest absolute Gasteiger partial charge is 0.390 e. The Balaban J connectivity index is 2.04. The summed E-state index contributed by atoms with van der Waals surface area (Å²) in [4.78, 5) is 1.16. The maximum atomic E-state index is 13.0. The number of thioether (sulfide) groups is 1. The van der Waals surface area contributed by atoms with Crippen molar-refractivity contribution in [2.24, 2.45) is 0 Å². The fourth-order valence-electron chi connectivity index (χ4n) is 1.88. The zero-order valence-corrected chi connectivity index (χ0v) is 10.1. The number of halogens is 2. The van der Waals surface area contributed by atoms with Gasteiger partial charge in [-0.1, -0.05) is 18.2 Å². The Morgan fingerprint density at radius 3 is 2.94 bits per heavy atom. The van der Waals surface area contributed by atoms with Crippen LogP contribution in [0.3, 0.4) is 0 Å². The number of aliphatic hydroxyl groups is 1. The van der Waals surface area contributed by atoms with Crippen LogP contribution in [-0.4, -0.2) is 29.9 Å². The van der Waals surface area contributed by atoms with Crippen molar-refractivity contribution >= 4 is 11.8 Å². The van der Waals surface area contributed by atoms with Crippen molar-refractivity contribution in [3.8, 4) is 0 Å². The molecule has 94 valence electrons. The van der Waals surface area contributed by atoms with Crippen molar-refractivity contribution in [2.45, 2.75) is 23.3 Å². The second-order valence-corrected chi connectivity index (χ2v) is 5.26. The normalized spacial score (nSPS) is 20.1. The maximum Gasteiger partial charge on any atom is 0.282 e. The predicted molar refractivity (Wildman–Crippen MR) is 64.6 cm³/mol. The average molecular weight is 259 g/mol. The van der Waals surface area contributed by atoms with Gasteiger partial charge < -0.3 is 10.4 Å². The summed E-state index contributed by atoms with van der Waals surface area (Å²) in [6, 6.07) is 7.82. The van der Waals surface area contributed by atoms with E-state index in [0.29, 0.717) is 0 Å². The van der Waals surface area contributed by atoms with Crippen molar-refractivity contribution in [3.63, 3.8) is 0 Å². The van der Waals surface area contributed by atoms with Gasteiger partial charge in [-0.3, -0.25) is 0 Å². The van der Waals surface area contributed by atoms with Crippen LogP contribution in [0.25, 0.3) is 0 Å². The fourth-order valence-corrected chi connectivity index (χ4v) is 3.01. The molecule has 5 heteroatoms. The summed E-state index contributed by atoms with van der Waals surface area (Å²) in [6.07, 6.45) is 0.836. The summed E-state index contributed by atoms with van der Waals surface area (Å²) in [7, 11) is 0. The minimum Gasteiger partial charge on any atom is -0.390 e. The van der Waals surface area contributed by atoms with Crippen molar-refractivity contribution in [1.29, 1.82) is 0 Å². The van der Waals surface area contributed by atoms with E-state index in [1.54, 1.807) is 11.8 Å². The van der Waals surface area contributed by atoms with Crippen LogP contribution in [0.5, 0.6) is 0 Å². The Bertz CT molecular complexity index is 387. The minimum atomic E-state index is -3.04. The van der Waals surface area contributed by atoms with Crippen LogP contribution in [0.15, 0.2) is 29.2 Å². The molecule has 0 amide bonds. The van der Waals surface area contributed by atoms with E-state index in [4.69, 9.17) is 5.11 Å². The molecular weight excluding hydrogens is 244 g/mol. The number of hydrogen-bond acceptors (Lipinski definition) is 3. The van der Waals surface area contributed by atoms with Gasteiger partial charge in [0, 0.05) is 10.9 Å². The summed E-state index contributed by atoms with van der Waals surface area (Å²) < 4.78 is 25.9. The van der Waals surface area contributed by atoms with Crippen molar-refractivity contribution in [2.75, 3.05) is 18.9 Å². The molecule has 0 fully saturated rings. The number of rotatable bonds is 4. The summed E-state index contributed by atoms with van der Waals surface area (Å²) in [6.45, 7) is -1.59. The lowest BCUT2D eigenvalue weighted by atomic mass is 10.0. The highest BCUT2D eigenvalue weighted by Crippen LogP contribution is 2.35. The van der Waals surface area contributed by atoms with Crippen LogP contribution in [0.2, 0.25) is 0 Å². The van der Waals surface area contributed by atoms with Crippen LogP contribution in [0.4, 0.5) is 8.78 Å². The van der Waals surface area contributed by atoms with Crippen molar-refractivity contribution < 1.29 is 13.9 Å². The van der Waals surface area contributed by atoms with Crippen molar-refractivity contribution in [3.05, 3.63) is 29.8 Å². The maximum absolute atomic E-state index is 13.0.